The summed E-state index contributed by atoms with van der Waals surface area (Å²) in [6.07, 6.45) is -2.86. The van der Waals surface area contributed by atoms with Crippen LogP contribution in [0.15, 0.2) is 53.6 Å². The van der Waals surface area contributed by atoms with E-state index in [2.05, 4.69) is 4.98 Å². The molecule has 0 saturated heterocycles. The standard InChI is InChI=1S/C18H15F4N3O2S/c1-28(26,27)14-5-3-13(4-6-14)25-10-16(18(20,21)22)24-17(25)11-2-7-15(23)12(8-11)9-19/h2-8,10H,9,23H2,1H3. The molecule has 10 heteroatoms. The highest BCUT2D eigenvalue weighted by atomic mass is 32.2. The fraction of sp³-hybridized carbons (Fsp3) is 0.167. The molecule has 1 aromatic heterocycles. The summed E-state index contributed by atoms with van der Waals surface area (Å²) >= 11 is 0. The molecule has 28 heavy (non-hydrogen) atoms. The average Bonchev–Trinajstić information content (AvgIpc) is 3.07. The van der Waals surface area contributed by atoms with Gasteiger partial charge in [-0.3, -0.25) is 4.57 Å². The molecule has 0 atom stereocenters. The van der Waals surface area contributed by atoms with Gasteiger partial charge in [-0.05, 0) is 42.5 Å². The minimum atomic E-state index is -4.69. The number of aromatic nitrogens is 2. The molecular formula is C18H15F4N3O2S. The van der Waals surface area contributed by atoms with Crippen molar-refractivity contribution in [1.82, 2.24) is 9.55 Å². The number of benzene rings is 2. The van der Waals surface area contributed by atoms with Crippen LogP contribution in [0.1, 0.15) is 11.3 Å². The Morgan fingerprint density at radius 2 is 1.75 bits per heavy atom. The van der Waals surface area contributed by atoms with Gasteiger partial charge in [-0.25, -0.2) is 17.8 Å². The normalized spacial score (nSPS) is 12.3. The minimum absolute atomic E-state index is 0.0289. The molecule has 3 aromatic rings. The molecule has 0 saturated carbocycles. The van der Waals surface area contributed by atoms with E-state index in [4.69, 9.17) is 5.73 Å². The van der Waals surface area contributed by atoms with Gasteiger partial charge in [-0.1, -0.05) is 0 Å². The molecule has 3 rings (SSSR count). The van der Waals surface area contributed by atoms with Gasteiger partial charge in [0.05, 0.1) is 4.90 Å². The van der Waals surface area contributed by atoms with Crippen molar-refractivity contribution in [2.24, 2.45) is 0 Å². The zero-order valence-electron chi connectivity index (χ0n) is 14.5. The highest BCUT2D eigenvalue weighted by Crippen LogP contribution is 2.33. The Morgan fingerprint density at radius 3 is 2.29 bits per heavy atom. The van der Waals surface area contributed by atoms with Crippen LogP contribution in [-0.2, 0) is 22.7 Å². The Balaban J connectivity index is 2.19. The number of nitrogens with zero attached hydrogens (tertiary/aromatic N) is 2. The molecule has 0 aliphatic heterocycles. The van der Waals surface area contributed by atoms with E-state index in [1.54, 1.807) is 0 Å². The Morgan fingerprint density at radius 1 is 1.11 bits per heavy atom. The molecule has 2 N–H and O–H groups in total. The molecule has 0 radical (unpaired) electrons. The second-order valence-electron chi connectivity index (χ2n) is 6.13. The fourth-order valence-electron chi connectivity index (χ4n) is 2.63. The number of nitrogens with two attached hydrogens (primary N) is 1. The van der Waals surface area contributed by atoms with Crippen LogP contribution in [0, 0.1) is 0 Å². The van der Waals surface area contributed by atoms with Crippen LogP contribution < -0.4 is 5.73 Å². The van der Waals surface area contributed by atoms with Gasteiger partial charge in [-0.2, -0.15) is 13.2 Å². The monoisotopic (exact) mass is 413 g/mol. The Hall–Kier alpha value is -2.88. The van der Waals surface area contributed by atoms with E-state index in [0.29, 0.717) is 0 Å². The molecule has 0 bridgehead atoms. The van der Waals surface area contributed by atoms with Crippen LogP contribution in [0.5, 0.6) is 0 Å². The number of rotatable bonds is 4. The third-order valence-electron chi connectivity index (χ3n) is 4.08. The van der Waals surface area contributed by atoms with Crippen molar-refractivity contribution in [2.45, 2.75) is 17.7 Å². The van der Waals surface area contributed by atoms with Gasteiger partial charge < -0.3 is 5.73 Å². The first-order chi connectivity index (χ1) is 13.0. The summed E-state index contributed by atoms with van der Waals surface area (Å²) in [5.41, 5.74) is 5.34. The zero-order valence-corrected chi connectivity index (χ0v) is 15.4. The Labute approximate surface area is 158 Å². The van der Waals surface area contributed by atoms with Crippen molar-refractivity contribution < 1.29 is 26.0 Å². The molecule has 1 heterocycles. The van der Waals surface area contributed by atoms with Gasteiger partial charge in [-0.15, -0.1) is 0 Å². The van der Waals surface area contributed by atoms with Crippen LogP contribution in [0.25, 0.3) is 17.1 Å². The summed E-state index contributed by atoms with van der Waals surface area (Å²) in [6, 6.07) is 9.49. The number of hydrogen-bond donors (Lipinski definition) is 1. The first kappa shape index (κ1) is 19.9. The van der Waals surface area contributed by atoms with E-state index >= 15 is 0 Å². The Bertz CT molecular complexity index is 1120. The number of sulfone groups is 1. The van der Waals surface area contributed by atoms with Crippen LogP contribution in [0.2, 0.25) is 0 Å². The lowest BCUT2D eigenvalue weighted by Crippen LogP contribution is -2.05. The smallest absolute Gasteiger partial charge is 0.398 e. The zero-order chi connectivity index (χ0) is 20.7. The van der Waals surface area contributed by atoms with Crippen LogP contribution in [-0.4, -0.2) is 24.2 Å². The number of imidazole rings is 1. The summed E-state index contributed by atoms with van der Waals surface area (Å²) < 4.78 is 77.1. The van der Waals surface area contributed by atoms with Crippen molar-refractivity contribution in [2.75, 3.05) is 12.0 Å². The maximum absolute atomic E-state index is 13.2. The molecule has 2 aromatic carbocycles. The second-order valence-corrected chi connectivity index (χ2v) is 8.15. The quantitative estimate of drug-likeness (QED) is 0.518. The lowest BCUT2D eigenvalue weighted by molar-refractivity contribution is -0.140. The van der Waals surface area contributed by atoms with Crippen molar-refractivity contribution in [3.63, 3.8) is 0 Å². The molecule has 0 unspecified atom stereocenters. The van der Waals surface area contributed by atoms with Gasteiger partial charge >= 0.3 is 6.18 Å². The summed E-state index contributed by atoms with van der Waals surface area (Å²) in [7, 11) is -3.46. The van der Waals surface area contributed by atoms with Gasteiger partial charge in [0, 0.05) is 35.0 Å². The topological polar surface area (TPSA) is 78.0 Å². The average molecular weight is 413 g/mol. The van der Waals surface area contributed by atoms with Crippen molar-refractivity contribution >= 4 is 15.5 Å². The summed E-state index contributed by atoms with van der Waals surface area (Å²) in [5.74, 6) is -0.0749. The van der Waals surface area contributed by atoms with Gasteiger partial charge in [0.2, 0.25) is 0 Å². The lowest BCUT2D eigenvalue weighted by Gasteiger charge is -2.10. The molecule has 0 spiro atoms. The van der Waals surface area contributed by atoms with E-state index < -0.39 is 28.4 Å². The van der Waals surface area contributed by atoms with Gasteiger partial charge in [0.1, 0.15) is 12.5 Å². The van der Waals surface area contributed by atoms with Gasteiger partial charge in [0.25, 0.3) is 0 Å². The van der Waals surface area contributed by atoms with Crippen molar-refractivity contribution in [3.8, 4) is 17.1 Å². The third kappa shape index (κ3) is 3.86. The molecule has 5 nitrogen and oxygen atoms in total. The molecule has 0 fully saturated rings. The molecule has 0 aliphatic carbocycles. The molecule has 148 valence electrons. The SMILES string of the molecule is CS(=O)(=O)c1ccc(-n2cc(C(F)(F)F)nc2-c2ccc(N)c(CF)c2)cc1. The summed E-state index contributed by atoms with van der Waals surface area (Å²) in [6.45, 7) is -0.879. The Kier molecular flexibility index (Phi) is 4.92. The highest BCUT2D eigenvalue weighted by Gasteiger charge is 2.35. The number of alkyl halides is 4. The first-order valence-electron chi connectivity index (χ1n) is 7.92. The van der Waals surface area contributed by atoms with Crippen LogP contribution >= 0.6 is 0 Å². The maximum Gasteiger partial charge on any atom is 0.434 e. The third-order valence-corrected chi connectivity index (χ3v) is 5.21. The molecule has 0 aliphatic rings. The van der Waals surface area contributed by atoms with Crippen LogP contribution in [0.4, 0.5) is 23.2 Å². The predicted molar refractivity (Wildman–Crippen MR) is 96.3 cm³/mol. The predicted octanol–water partition coefficient (Wildman–Crippen LogP) is 4.01. The number of halogens is 4. The largest absolute Gasteiger partial charge is 0.434 e. The highest BCUT2D eigenvalue weighted by molar-refractivity contribution is 7.90. The van der Waals surface area contributed by atoms with E-state index in [1.165, 1.54) is 47.0 Å². The van der Waals surface area contributed by atoms with Crippen molar-refractivity contribution in [1.29, 1.82) is 0 Å². The molecular weight excluding hydrogens is 398 g/mol. The lowest BCUT2D eigenvalue weighted by atomic mass is 10.1. The van der Waals surface area contributed by atoms with Crippen LogP contribution in [0.3, 0.4) is 0 Å². The number of nitrogen functional groups attached to an aromatic ring is 1. The van der Waals surface area contributed by atoms with E-state index in [9.17, 15) is 26.0 Å². The molecule has 0 amide bonds. The minimum Gasteiger partial charge on any atom is -0.398 e. The first-order valence-corrected chi connectivity index (χ1v) is 9.81. The second kappa shape index (κ2) is 6.93. The summed E-state index contributed by atoms with van der Waals surface area (Å²) in [4.78, 5) is 3.69. The van der Waals surface area contributed by atoms with E-state index in [-0.39, 0.29) is 33.2 Å². The number of hydrogen-bond acceptors (Lipinski definition) is 4. The van der Waals surface area contributed by atoms with Crippen molar-refractivity contribution in [3.05, 3.63) is 59.9 Å². The van der Waals surface area contributed by atoms with E-state index in [0.717, 1.165) is 12.5 Å². The summed E-state index contributed by atoms with van der Waals surface area (Å²) in [5, 5.41) is 0. The fourth-order valence-corrected chi connectivity index (χ4v) is 3.26. The number of anilines is 1. The van der Waals surface area contributed by atoms with Gasteiger partial charge in [0.15, 0.2) is 15.5 Å². The maximum atomic E-state index is 13.2. The van der Waals surface area contributed by atoms with E-state index in [1.807, 2.05) is 0 Å².